The van der Waals surface area contributed by atoms with Crippen molar-refractivity contribution in [3.8, 4) is 0 Å². The predicted octanol–water partition coefficient (Wildman–Crippen LogP) is 0.796. The first-order valence-electron chi connectivity index (χ1n) is 4.11. The van der Waals surface area contributed by atoms with Crippen molar-refractivity contribution in [2.45, 2.75) is 0 Å². The molecule has 0 saturated carbocycles. The minimum atomic E-state index is -1.78. The molecule has 1 aromatic heterocycles. The number of rotatable bonds is 3. The van der Waals surface area contributed by atoms with E-state index in [1.807, 2.05) is 5.32 Å². The van der Waals surface area contributed by atoms with Crippen molar-refractivity contribution in [3.63, 3.8) is 0 Å². The van der Waals surface area contributed by atoms with Gasteiger partial charge >= 0.3 is 0 Å². The first-order chi connectivity index (χ1) is 7.47. The Balaban J connectivity index is 2.99. The Bertz CT molecular complexity index is 398. The fourth-order valence-corrected chi connectivity index (χ4v) is 0.899. The van der Waals surface area contributed by atoms with Crippen molar-refractivity contribution in [2.24, 2.45) is 0 Å². The van der Waals surface area contributed by atoms with Crippen molar-refractivity contribution in [3.05, 3.63) is 23.5 Å². The molecule has 0 aliphatic rings. The molecule has 0 saturated heterocycles. The number of aromatic nitrogens is 1. The smallest absolute Gasteiger partial charge is 0.253 e. The second-order valence-electron chi connectivity index (χ2n) is 2.72. The molecule has 16 heavy (non-hydrogen) atoms. The molecule has 0 spiro atoms. The van der Waals surface area contributed by atoms with Gasteiger partial charge < -0.3 is 10.6 Å². The van der Waals surface area contributed by atoms with E-state index in [9.17, 15) is 22.4 Å². The summed E-state index contributed by atoms with van der Waals surface area (Å²) in [6.07, 6.45) is 0. The van der Waals surface area contributed by atoms with E-state index in [1.54, 1.807) is 0 Å². The van der Waals surface area contributed by atoms with E-state index in [0.29, 0.717) is 0 Å². The van der Waals surface area contributed by atoms with Gasteiger partial charge in [-0.05, 0) is 0 Å². The van der Waals surface area contributed by atoms with Crippen LogP contribution >= 0.6 is 0 Å². The van der Waals surface area contributed by atoms with Crippen LogP contribution in [0.1, 0.15) is 0 Å². The minimum absolute atomic E-state index is 0.521. The van der Waals surface area contributed by atoms with Crippen molar-refractivity contribution in [1.29, 1.82) is 0 Å². The third kappa shape index (κ3) is 2.38. The Morgan fingerprint density at radius 1 is 1.19 bits per heavy atom. The Kier molecular flexibility index (Phi) is 3.64. The number of hydrogen-bond donors (Lipinski definition) is 2. The van der Waals surface area contributed by atoms with Gasteiger partial charge in [0.25, 0.3) is 11.9 Å². The molecule has 1 aromatic rings. The van der Waals surface area contributed by atoms with Crippen LogP contribution in [-0.4, -0.2) is 24.5 Å². The summed E-state index contributed by atoms with van der Waals surface area (Å²) in [4.78, 5) is 13.1. The SMILES string of the molecule is CNC(=O)CNc1c(F)c(F)nc(F)c1F. The number of amides is 1. The van der Waals surface area contributed by atoms with Gasteiger partial charge in [-0.2, -0.15) is 22.5 Å². The molecule has 88 valence electrons. The van der Waals surface area contributed by atoms with Crippen LogP contribution in [0.15, 0.2) is 0 Å². The Morgan fingerprint density at radius 2 is 1.69 bits per heavy atom. The molecule has 0 fully saturated rings. The molecular formula is C8H7F4N3O. The van der Waals surface area contributed by atoms with Crippen molar-refractivity contribution in [2.75, 3.05) is 18.9 Å². The van der Waals surface area contributed by atoms with Crippen LogP contribution in [0.4, 0.5) is 23.2 Å². The lowest BCUT2D eigenvalue weighted by atomic mass is 10.3. The number of nitrogens with zero attached hydrogens (tertiary/aromatic N) is 1. The third-order valence-corrected chi connectivity index (χ3v) is 1.70. The lowest BCUT2D eigenvalue weighted by Gasteiger charge is -2.08. The highest BCUT2D eigenvalue weighted by molar-refractivity contribution is 5.80. The molecule has 0 aliphatic carbocycles. The van der Waals surface area contributed by atoms with Crippen LogP contribution in [-0.2, 0) is 4.79 Å². The molecule has 8 heteroatoms. The summed E-state index contributed by atoms with van der Waals surface area (Å²) in [6.45, 7) is -0.521. The van der Waals surface area contributed by atoms with E-state index in [2.05, 4.69) is 10.3 Å². The average Bonchev–Trinajstić information content (AvgIpc) is 2.26. The second kappa shape index (κ2) is 4.77. The van der Waals surface area contributed by atoms with Crippen molar-refractivity contribution in [1.82, 2.24) is 10.3 Å². The van der Waals surface area contributed by atoms with Gasteiger partial charge in [-0.25, -0.2) is 0 Å². The minimum Gasteiger partial charge on any atom is -0.371 e. The quantitative estimate of drug-likeness (QED) is 0.603. The van der Waals surface area contributed by atoms with Crippen LogP contribution < -0.4 is 10.6 Å². The summed E-state index contributed by atoms with van der Waals surface area (Å²) in [7, 11) is 1.30. The first kappa shape index (κ1) is 12.2. The molecule has 0 aliphatic heterocycles. The second-order valence-corrected chi connectivity index (χ2v) is 2.72. The number of nitrogens with one attached hydrogen (secondary N) is 2. The van der Waals surface area contributed by atoms with Gasteiger partial charge in [0.2, 0.25) is 17.5 Å². The number of likely N-dealkylation sites (N-methyl/N-ethyl adjacent to an activating group) is 1. The summed E-state index contributed by atoms with van der Waals surface area (Å²) >= 11 is 0. The molecule has 0 aromatic carbocycles. The Labute approximate surface area is 87.7 Å². The number of halogens is 4. The monoisotopic (exact) mass is 237 g/mol. The molecule has 0 unspecified atom stereocenters. The van der Waals surface area contributed by atoms with Gasteiger partial charge in [0, 0.05) is 7.05 Å². The summed E-state index contributed by atoms with van der Waals surface area (Å²) in [5, 5.41) is 4.09. The average molecular weight is 237 g/mol. The molecule has 0 atom stereocenters. The molecule has 1 heterocycles. The Hall–Kier alpha value is -1.86. The van der Waals surface area contributed by atoms with E-state index in [0.717, 1.165) is 0 Å². The normalized spacial score (nSPS) is 10.1. The predicted molar refractivity (Wildman–Crippen MR) is 46.6 cm³/mol. The number of anilines is 1. The number of hydrogen-bond acceptors (Lipinski definition) is 3. The van der Waals surface area contributed by atoms with E-state index in [1.165, 1.54) is 7.05 Å². The van der Waals surface area contributed by atoms with Gasteiger partial charge in [0.05, 0.1) is 6.54 Å². The highest BCUT2D eigenvalue weighted by atomic mass is 19.2. The van der Waals surface area contributed by atoms with Crippen LogP contribution in [0.25, 0.3) is 0 Å². The van der Waals surface area contributed by atoms with Crippen LogP contribution in [0, 0.1) is 23.5 Å². The Morgan fingerprint density at radius 3 is 2.12 bits per heavy atom. The zero-order valence-corrected chi connectivity index (χ0v) is 8.07. The first-order valence-corrected chi connectivity index (χ1v) is 4.11. The highest BCUT2D eigenvalue weighted by Crippen LogP contribution is 2.21. The lowest BCUT2D eigenvalue weighted by Crippen LogP contribution is -2.27. The maximum atomic E-state index is 13.0. The summed E-state index contributed by atoms with van der Waals surface area (Å²) < 4.78 is 51.1. The van der Waals surface area contributed by atoms with Crippen LogP contribution in [0.3, 0.4) is 0 Å². The highest BCUT2D eigenvalue weighted by Gasteiger charge is 2.20. The third-order valence-electron chi connectivity index (χ3n) is 1.70. The zero-order chi connectivity index (χ0) is 12.3. The van der Waals surface area contributed by atoms with Crippen LogP contribution in [0.5, 0.6) is 0 Å². The molecule has 1 amide bonds. The largest absolute Gasteiger partial charge is 0.371 e. The molecule has 4 nitrogen and oxygen atoms in total. The van der Waals surface area contributed by atoms with Gasteiger partial charge in [0.1, 0.15) is 5.69 Å². The fraction of sp³-hybridized carbons (Fsp3) is 0.250. The molecular weight excluding hydrogens is 230 g/mol. The summed E-state index contributed by atoms with van der Waals surface area (Å²) in [5.41, 5.74) is -1.06. The van der Waals surface area contributed by atoms with Gasteiger partial charge in [-0.15, -0.1) is 0 Å². The summed E-state index contributed by atoms with van der Waals surface area (Å²) in [5.74, 6) is -7.52. The maximum absolute atomic E-state index is 13.0. The summed E-state index contributed by atoms with van der Waals surface area (Å²) in [6, 6.07) is 0. The fourth-order valence-electron chi connectivity index (χ4n) is 0.899. The van der Waals surface area contributed by atoms with E-state index < -0.39 is 41.7 Å². The van der Waals surface area contributed by atoms with E-state index >= 15 is 0 Å². The number of carbonyl (C=O) groups is 1. The lowest BCUT2D eigenvalue weighted by molar-refractivity contribution is -0.118. The van der Waals surface area contributed by atoms with Gasteiger partial charge in [-0.1, -0.05) is 0 Å². The zero-order valence-electron chi connectivity index (χ0n) is 8.07. The number of pyridine rings is 1. The number of carbonyl (C=O) groups excluding carboxylic acids is 1. The molecule has 1 rings (SSSR count). The van der Waals surface area contributed by atoms with Crippen LogP contribution in [0.2, 0.25) is 0 Å². The van der Waals surface area contributed by atoms with E-state index in [4.69, 9.17) is 0 Å². The molecule has 0 bridgehead atoms. The van der Waals surface area contributed by atoms with Gasteiger partial charge in [0.15, 0.2) is 0 Å². The molecule has 2 N–H and O–H groups in total. The van der Waals surface area contributed by atoms with Crippen molar-refractivity contribution < 1.29 is 22.4 Å². The van der Waals surface area contributed by atoms with Crippen molar-refractivity contribution >= 4 is 11.6 Å². The van der Waals surface area contributed by atoms with Gasteiger partial charge in [-0.3, -0.25) is 4.79 Å². The standard InChI is InChI=1S/C8H7F4N3O/c1-13-3(16)2-14-6-4(9)7(11)15-8(12)5(6)10/h2H2,1H3,(H,13,16)(H,14,15). The van der Waals surface area contributed by atoms with E-state index in [-0.39, 0.29) is 0 Å². The topological polar surface area (TPSA) is 54.0 Å². The molecule has 0 radical (unpaired) electrons. The maximum Gasteiger partial charge on any atom is 0.253 e.